The monoisotopic (exact) mass is 228 g/mol. The van der Waals surface area contributed by atoms with E-state index in [2.05, 4.69) is 31.4 Å². The van der Waals surface area contributed by atoms with Gasteiger partial charge in [-0.05, 0) is 52.1 Å². The molecular weight excluding hydrogens is 200 g/mol. The molecule has 1 aliphatic carbocycles. The highest BCUT2D eigenvalue weighted by Crippen LogP contribution is 2.32. The molecule has 0 radical (unpaired) electrons. The highest BCUT2D eigenvalue weighted by atomic mass is 16.5. The summed E-state index contributed by atoms with van der Waals surface area (Å²) in [7, 11) is 0. The smallest absolute Gasteiger partial charge is 0.0580 e. The van der Waals surface area contributed by atoms with Gasteiger partial charge in [0.15, 0.2) is 0 Å². The van der Waals surface area contributed by atoms with Crippen molar-refractivity contribution in [2.24, 2.45) is 5.92 Å². The van der Waals surface area contributed by atoms with Gasteiger partial charge in [-0.2, -0.15) is 0 Å². The van der Waals surface area contributed by atoms with Gasteiger partial charge in [0.05, 0.1) is 6.10 Å². The van der Waals surface area contributed by atoms with E-state index in [-0.39, 0.29) is 0 Å². The van der Waals surface area contributed by atoms with Gasteiger partial charge in [-0.25, -0.2) is 0 Å². The maximum absolute atomic E-state index is 5.56. The van der Waals surface area contributed by atoms with Crippen LogP contribution >= 0.6 is 0 Å². The summed E-state index contributed by atoms with van der Waals surface area (Å²) < 4.78 is 5.56. The summed E-state index contributed by atoms with van der Waals surface area (Å²) >= 11 is 0. The van der Waals surface area contributed by atoms with E-state index in [1.54, 1.807) is 0 Å². The minimum atomic E-state index is 0.564. The van der Waals surface area contributed by atoms with Crippen molar-refractivity contribution in [2.75, 3.05) is 26.2 Å². The van der Waals surface area contributed by atoms with Crippen LogP contribution in [0.4, 0.5) is 0 Å². The lowest BCUT2D eigenvalue weighted by Gasteiger charge is -2.35. The predicted octanol–water partition coefficient (Wildman–Crippen LogP) is 1.78. The molecule has 3 heteroatoms. The van der Waals surface area contributed by atoms with Crippen LogP contribution < -0.4 is 10.6 Å². The number of hydrogen-bond acceptors (Lipinski definition) is 3. The first-order valence-corrected chi connectivity index (χ1v) is 6.81. The molecule has 1 aliphatic rings. The van der Waals surface area contributed by atoms with Crippen molar-refractivity contribution >= 4 is 0 Å². The molecule has 0 saturated heterocycles. The first-order valence-electron chi connectivity index (χ1n) is 6.81. The molecule has 1 fully saturated rings. The van der Waals surface area contributed by atoms with Gasteiger partial charge in [-0.15, -0.1) is 0 Å². The highest BCUT2D eigenvalue weighted by Gasteiger charge is 2.28. The van der Waals surface area contributed by atoms with Crippen molar-refractivity contribution < 1.29 is 4.74 Å². The molecule has 0 spiro atoms. The normalized spacial score (nSPS) is 26.4. The minimum absolute atomic E-state index is 0.564. The Morgan fingerprint density at radius 2 is 2.06 bits per heavy atom. The fourth-order valence-corrected chi connectivity index (χ4v) is 2.25. The van der Waals surface area contributed by atoms with Gasteiger partial charge >= 0.3 is 0 Å². The lowest BCUT2D eigenvalue weighted by molar-refractivity contribution is -0.0264. The van der Waals surface area contributed by atoms with Gasteiger partial charge < -0.3 is 15.4 Å². The Morgan fingerprint density at radius 3 is 2.69 bits per heavy atom. The van der Waals surface area contributed by atoms with Gasteiger partial charge in [-0.1, -0.05) is 6.92 Å². The second kappa shape index (κ2) is 8.04. The van der Waals surface area contributed by atoms with E-state index in [1.165, 1.54) is 19.3 Å². The summed E-state index contributed by atoms with van der Waals surface area (Å²) in [6, 6.07) is 0.586. The molecule has 1 atom stereocenters. The number of rotatable bonds is 9. The Labute approximate surface area is 100 Å². The summed E-state index contributed by atoms with van der Waals surface area (Å²) in [5.74, 6) is 0.899. The molecular formula is C13H28N2O. The summed E-state index contributed by atoms with van der Waals surface area (Å²) in [6.45, 7) is 10.6. The van der Waals surface area contributed by atoms with E-state index >= 15 is 0 Å². The van der Waals surface area contributed by atoms with Gasteiger partial charge in [-0.3, -0.25) is 0 Å². The summed E-state index contributed by atoms with van der Waals surface area (Å²) in [6.07, 6.45) is 4.42. The Kier molecular flexibility index (Phi) is 7.01. The third-order valence-electron chi connectivity index (χ3n) is 3.34. The zero-order valence-corrected chi connectivity index (χ0v) is 11.1. The van der Waals surface area contributed by atoms with E-state index in [9.17, 15) is 0 Å². The van der Waals surface area contributed by atoms with Crippen LogP contribution in [0.1, 0.15) is 40.0 Å². The predicted molar refractivity (Wildman–Crippen MR) is 68.8 cm³/mol. The molecule has 0 aliphatic heterocycles. The topological polar surface area (TPSA) is 33.3 Å². The Bertz CT molecular complexity index is 169. The van der Waals surface area contributed by atoms with Crippen LogP contribution in [0.5, 0.6) is 0 Å². The van der Waals surface area contributed by atoms with E-state index < -0.39 is 0 Å². The molecule has 2 N–H and O–H groups in total. The molecule has 0 bridgehead atoms. The van der Waals surface area contributed by atoms with Crippen molar-refractivity contribution in [1.29, 1.82) is 0 Å². The van der Waals surface area contributed by atoms with Crippen LogP contribution in [0.25, 0.3) is 0 Å². The summed E-state index contributed by atoms with van der Waals surface area (Å²) in [4.78, 5) is 0. The molecule has 1 rings (SSSR count). The molecule has 0 heterocycles. The first kappa shape index (κ1) is 13.9. The Balaban J connectivity index is 1.89. The first-order chi connectivity index (χ1) is 7.76. The van der Waals surface area contributed by atoms with Crippen LogP contribution in [0, 0.1) is 5.92 Å². The second-order valence-corrected chi connectivity index (χ2v) is 4.87. The molecule has 0 aromatic heterocycles. The van der Waals surface area contributed by atoms with Crippen LogP contribution in [-0.4, -0.2) is 38.4 Å². The van der Waals surface area contributed by atoms with E-state index in [4.69, 9.17) is 4.74 Å². The van der Waals surface area contributed by atoms with Crippen LogP contribution in [0.2, 0.25) is 0 Å². The van der Waals surface area contributed by atoms with E-state index in [0.717, 1.165) is 32.2 Å². The standard InChI is InChI=1S/C13H28N2O/c1-4-14-10-11(3)15-7-6-12-8-13(9-12)16-5-2/h11-15H,4-10H2,1-3H3. The van der Waals surface area contributed by atoms with Crippen molar-refractivity contribution in [3.05, 3.63) is 0 Å². The number of likely N-dealkylation sites (N-methyl/N-ethyl adjacent to an activating group) is 1. The zero-order chi connectivity index (χ0) is 11.8. The summed E-state index contributed by atoms with van der Waals surface area (Å²) in [5, 5.41) is 6.92. The number of ether oxygens (including phenoxy) is 1. The van der Waals surface area contributed by atoms with Crippen LogP contribution in [0.3, 0.4) is 0 Å². The van der Waals surface area contributed by atoms with Gasteiger partial charge in [0.1, 0.15) is 0 Å². The third-order valence-corrected chi connectivity index (χ3v) is 3.34. The lowest BCUT2D eigenvalue weighted by Crippen LogP contribution is -2.39. The molecule has 3 nitrogen and oxygen atoms in total. The highest BCUT2D eigenvalue weighted by molar-refractivity contribution is 4.81. The van der Waals surface area contributed by atoms with Crippen LogP contribution in [-0.2, 0) is 4.74 Å². The number of nitrogens with one attached hydrogen (secondary N) is 2. The molecule has 1 unspecified atom stereocenters. The third kappa shape index (κ3) is 5.28. The van der Waals surface area contributed by atoms with Gasteiger partial charge in [0.2, 0.25) is 0 Å². The SMILES string of the molecule is CCNCC(C)NCCC1CC(OCC)C1. The van der Waals surface area contributed by atoms with Crippen molar-refractivity contribution in [3.63, 3.8) is 0 Å². The second-order valence-electron chi connectivity index (χ2n) is 4.87. The van der Waals surface area contributed by atoms with Crippen molar-refractivity contribution in [2.45, 2.75) is 52.2 Å². The molecule has 0 aromatic carbocycles. The zero-order valence-electron chi connectivity index (χ0n) is 11.1. The largest absolute Gasteiger partial charge is 0.378 e. The average molecular weight is 228 g/mol. The maximum Gasteiger partial charge on any atom is 0.0580 e. The van der Waals surface area contributed by atoms with E-state index in [0.29, 0.717) is 12.1 Å². The van der Waals surface area contributed by atoms with Crippen molar-refractivity contribution in [1.82, 2.24) is 10.6 Å². The Hall–Kier alpha value is -0.120. The van der Waals surface area contributed by atoms with Gasteiger partial charge in [0, 0.05) is 19.2 Å². The fraction of sp³-hybridized carbons (Fsp3) is 1.00. The maximum atomic E-state index is 5.56. The molecule has 96 valence electrons. The van der Waals surface area contributed by atoms with E-state index in [1.807, 2.05) is 0 Å². The summed E-state index contributed by atoms with van der Waals surface area (Å²) in [5.41, 5.74) is 0. The quantitative estimate of drug-likeness (QED) is 0.631. The molecule has 16 heavy (non-hydrogen) atoms. The Morgan fingerprint density at radius 1 is 1.31 bits per heavy atom. The molecule has 0 amide bonds. The minimum Gasteiger partial charge on any atom is -0.378 e. The lowest BCUT2D eigenvalue weighted by atomic mass is 9.80. The van der Waals surface area contributed by atoms with Crippen molar-refractivity contribution in [3.8, 4) is 0 Å². The fourth-order valence-electron chi connectivity index (χ4n) is 2.25. The van der Waals surface area contributed by atoms with Gasteiger partial charge in [0.25, 0.3) is 0 Å². The van der Waals surface area contributed by atoms with Crippen LogP contribution in [0.15, 0.2) is 0 Å². The average Bonchev–Trinajstić information content (AvgIpc) is 2.22. The number of hydrogen-bond donors (Lipinski definition) is 2. The molecule has 0 aromatic rings. The molecule has 1 saturated carbocycles.